The highest BCUT2D eigenvalue weighted by Crippen LogP contribution is 2.15. The van der Waals surface area contributed by atoms with Crippen LogP contribution in [0, 0.1) is 11.6 Å². The summed E-state index contributed by atoms with van der Waals surface area (Å²) in [6.07, 6.45) is -1.30. The van der Waals surface area contributed by atoms with Crippen LogP contribution in [-0.4, -0.2) is 37.9 Å². The second-order valence-corrected chi connectivity index (χ2v) is 5.00. The third-order valence-electron chi connectivity index (χ3n) is 1.90. The van der Waals surface area contributed by atoms with Crippen molar-refractivity contribution >= 4 is 10.0 Å². The fourth-order valence-corrected chi connectivity index (χ4v) is 2.19. The molecule has 1 aromatic rings. The summed E-state index contributed by atoms with van der Waals surface area (Å²) in [6, 6.07) is 2.01. The standard InChI is InChI=1S/C9H11F2NO4S/c10-6-1-2-8(11)9(3-6)17(15,16)12-4-7(14)5-13/h1-3,7,12-14H,4-5H2. The molecule has 0 fully saturated rings. The molecule has 0 heterocycles. The molecule has 0 bridgehead atoms. The van der Waals surface area contributed by atoms with Gasteiger partial charge in [0.05, 0.1) is 12.7 Å². The molecule has 0 aromatic heterocycles. The minimum absolute atomic E-state index is 0.491. The molecule has 0 saturated heterocycles. The van der Waals surface area contributed by atoms with Crippen molar-refractivity contribution in [2.24, 2.45) is 0 Å². The number of nitrogens with one attached hydrogen (secondary N) is 1. The minimum Gasteiger partial charge on any atom is -0.394 e. The number of halogens is 2. The molecule has 1 aromatic carbocycles. The van der Waals surface area contributed by atoms with Gasteiger partial charge >= 0.3 is 0 Å². The van der Waals surface area contributed by atoms with Gasteiger partial charge in [0.1, 0.15) is 16.5 Å². The van der Waals surface area contributed by atoms with E-state index in [0.29, 0.717) is 12.1 Å². The number of aliphatic hydroxyl groups excluding tert-OH is 2. The van der Waals surface area contributed by atoms with Crippen molar-refractivity contribution in [2.75, 3.05) is 13.2 Å². The van der Waals surface area contributed by atoms with Crippen LogP contribution in [0.15, 0.2) is 23.1 Å². The molecule has 1 unspecified atom stereocenters. The summed E-state index contributed by atoms with van der Waals surface area (Å²) < 4.78 is 50.8. The van der Waals surface area contributed by atoms with E-state index < -0.39 is 45.8 Å². The summed E-state index contributed by atoms with van der Waals surface area (Å²) in [7, 11) is -4.25. The Morgan fingerprint density at radius 1 is 1.35 bits per heavy atom. The van der Waals surface area contributed by atoms with Crippen LogP contribution in [0.2, 0.25) is 0 Å². The molecule has 3 N–H and O–H groups in total. The van der Waals surface area contributed by atoms with Crippen molar-refractivity contribution < 1.29 is 27.4 Å². The maximum atomic E-state index is 13.2. The Labute approximate surface area is 96.8 Å². The zero-order valence-electron chi connectivity index (χ0n) is 8.60. The van der Waals surface area contributed by atoms with E-state index >= 15 is 0 Å². The van der Waals surface area contributed by atoms with Crippen LogP contribution in [-0.2, 0) is 10.0 Å². The summed E-state index contributed by atoms with van der Waals surface area (Å²) in [5.41, 5.74) is 0. The van der Waals surface area contributed by atoms with Gasteiger partial charge < -0.3 is 10.2 Å². The molecule has 0 aliphatic carbocycles. The summed E-state index contributed by atoms with van der Waals surface area (Å²) in [5, 5.41) is 17.4. The first-order valence-corrected chi connectivity index (χ1v) is 6.09. The Morgan fingerprint density at radius 3 is 2.59 bits per heavy atom. The topological polar surface area (TPSA) is 86.6 Å². The first-order valence-electron chi connectivity index (χ1n) is 4.60. The van der Waals surface area contributed by atoms with E-state index in [9.17, 15) is 17.2 Å². The van der Waals surface area contributed by atoms with E-state index in [-0.39, 0.29) is 0 Å². The lowest BCUT2D eigenvalue weighted by atomic mass is 10.3. The lowest BCUT2D eigenvalue weighted by Gasteiger charge is -2.10. The first kappa shape index (κ1) is 14.0. The van der Waals surface area contributed by atoms with Crippen LogP contribution in [0.25, 0.3) is 0 Å². The van der Waals surface area contributed by atoms with E-state index in [0.717, 1.165) is 6.07 Å². The van der Waals surface area contributed by atoms with Crippen molar-refractivity contribution in [3.63, 3.8) is 0 Å². The van der Waals surface area contributed by atoms with Gasteiger partial charge in [0.15, 0.2) is 0 Å². The molecule has 5 nitrogen and oxygen atoms in total. The van der Waals surface area contributed by atoms with Crippen LogP contribution in [0.5, 0.6) is 0 Å². The largest absolute Gasteiger partial charge is 0.394 e. The predicted molar refractivity (Wildman–Crippen MR) is 54.6 cm³/mol. The third kappa shape index (κ3) is 3.70. The SMILES string of the molecule is O=S(=O)(NCC(O)CO)c1cc(F)ccc1F. The smallest absolute Gasteiger partial charge is 0.243 e. The molecule has 8 heteroatoms. The molecule has 96 valence electrons. The number of hydrogen-bond acceptors (Lipinski definition) is 4. The molecular formula is C9H11F2NO4S. The molecule has 17 heavy (non-hydrogen) atoms. The molecule has 0 spiro atoms. The number of aliphatic hydroxyl groups is 2. The number of benzene rings is 1. The van der Waals surface area contributed by atoms with Gasteiger partial charge in [0.2, 0.25) is 10.0 Å². The van der Waals surface area contributed by atoms with Crippen molar-refractivity contribution in [3.05, 3.63) is 29.8 Å². The van der Waals surface area contributed by atoms with Gasteiger partial charge in [-0.2, -0.15) is 0 Å². The maximum absolute atomic E-state index is 13.2. The van der Waals surface area contributed by atoms with Gasteiger partial charge in [0.25, 0.3) is 0 Å². The van der Waals surface area contributed by atoms with Crippen LogP contribution in [0.4, 0.5) is 8.78 Å². The summed E-state index contributed by atoms with van der Waals surface area (Å²) in [6.45, 7) is -1.14. The van der Waals surface area contributed by atoms with E-state index in [1.807, 2.05) is 4.72 Å². The number of rotatable bonds is 5. The molecular weight excluding hydrogens is 256 g/mol. The molecule has 1 rings (SSSR count). The van der Waals surface area contributed by atoms with E-state index in [1.165, 1.54) is 0 Å². The van der Waals surface area contributed by atoms with Crippen LogP contribution in [0.3, 0.4) is 0 Å². The molecule has 0 aliphatic heterocycles. The Balaban J connectivity index is 2.93. The van der Waals surface area contributed by atoms with Crippen molar-refractivity contribution in [1.82, 2.24) is 4.72 Å². The lowest BCUT2D eigenvalue weighted by molar-refractivity contribution is 0.0988. The zero-order chi connectivity index (χ0) is 13.1. The van der Waals surface area contributed by atoms with Gasteiger partial charge in [-0.3, -0.25) is 0 Å². The summed E-state index contributed by atoms with van der Waals surface area (Å²) >= 11 is 0. The second kappa shape index (κ2) is 5.50. The fraction of sp³-hybridized carbons (Fsp3) is 0.333. The van der Waals surface area contributed by atoms with Gasteiger partial charge in [-0.1, -0.05) is 0 Å². The van der Waals surface area contributed by atoms with Gasteiger partial charge in [-0.25, -0.2) is 21.9 Å². The first-order chi connectivity index (χ1) is 7.86. The lowest BCUT2D eigenvalue weighted by Crippen LogP contribution is -2.34. The number of sulfonamides is 1. The highest BCUT2D eigenvalue weighted by molar-refractivity contribution is 7.89. The molecule has 0 saturated carbocycles. The van der Waals surface area contributed by atoms with Crippen LogP contribution in [0.1, 0.15) is 0 Å². The summed E-state index contributed by atoms with van der Waals surface area (Å²) in [5.74, 6) is -1.99. The highest BCUT2D eigenvalue weighted by atomic mass is 32.2. The van der Waals surface area contributed by atoms with Gasteiger partial charge in [0, 0.05) is 6.54 Å². The molecule has 1 atom stereocenters. The highest BCUT2D eigenvalue weighted by Gasteiger charge is 2.20. The Hall–Kier alpha value is -1.09. The van der Waals surface area contributed by atoms with Crippen LogP contribution < -0.4 is 4.72 Å². The monoisotopic (exact) mass is 267 g/mol. The second-order valence-electron chi connectivity index (χ2n) is 3.26. The van der Waals surface area contributed by atoms with E-state index in [1.54, 1.807) is 0 Å². The zero-order valence-corrected chi connectivity index (χ0v) is 9.42. The minimum atomic E-state index is -4.25. The average Bonchev–Trinajstić information content (AvgIpc) is 2.29. The Kier molecular flexibility index (Phi) is 4.52. The maximum Gasteiger partial charge on any atom is 0.243 e. The fourth-order valence-electron chi connectivity index (χ4n) is 1.03. The number of hydrogen-bond donors (Lipinski definition) is 3. The van der Waals surface area contributed by atoms with Gasteiger partial charge in [-0.05, 0) is 18.2 Å². The molecule has 0 amide bonds. The van der Waals surface area contributed by atoms with E-state index in [2.05, 4.69) is 0 Å². The van der Waals surface area contributed by atoms with E-state index in [4.69, 9.17) is 10.2 Å². The Bertz CT molecular complexity index is 492. The van der Waals surface area contributed by atoms with Crippen molar-refractivity contribution in [2.45, 2.75) is 11.0 Å². The summed E-state index contributed by atoms with van der Waals surface area (Å²) in [4.78, 5) is -0.845. The quantitative estimate of drug-likeness (QED) is 0.677. The van der Waals surface area contributed by atoms with Crippen molar-refractivity contribution in [3.8, 4) is 0 Å². The molecule has 0 aliphatic rings. The van der Waals surface area contributed by atoms with Gasteiger partial charge in [-0.15, -0.1) is 0 Å². The average molecular weight is 267 g/mol. The third-order valence-corrected chi connectivity index (χ3v) is 3.34. The molecule has 0 radical (unpaired) electrons. The normalized spacial score (nSPS) is 13.6. The van der Waals surface area contributed by atoms with Crippen molar-refractivity contribution in [1.29, 1.82) is 0 Å². The van der Waals surface area contributed by atoms with Crippen LogP contribution >= 0.6 is 0 Å². The Morgan fingerprint density at radius 2 is 2.00 bits per heavy atom. The predicted octanol–water partition coefficient (Wildman–Crippen LogP) is -0.404.